The number of nitrogen functional groups attached to an aromatic ring is 1. The third-order valence-corrected chi connectivity index (χ3v) is 3.46. The van der Waals surface area contributed by atoms with Gasteiger partial charge in [0.1, 0.15) is 11.5 Å². The van der Waals surface area contributed by atoms with E-state index < -0.39 is 0 Å². The normalized spacial score (nSPS) is 12.7. The van der Waals surface area contributed by atoms with Crippen molar-refractivity contribution in [2.45, 2.75) is 6.42 Å². The summed E-state index contributed by atoms with van der Waals surface area (Å²) in [4.78, 5) is 12.6. The van der Waals surface area contributed by atoms with Crippen LogP contribution < -0.4 is 15.2 Å². The van der Waals surface area contributed by atoms with Crippen molar-refractivity contribution in [1.82, 2.24) is 0 Å². The van der Waals surface area contributed by atoms with Crippen molar-refractivity contribution in [3.8, 4) is 11.5 Å². The standard InChI is InChI=1S/C16H15NO3/c1-19-12-3-4-14(17)13(9-12)16(18)11-2-5-15-10(8-11)6-7-20-15/h2-5,8-9H,6-7,17H2,1H3. The fraction of sp³-hybridized carbons (Fsp3) is 0.188. The van der Waals surface area contributed by atoms with E-state index in [-0.39, 0.29) is 5.78 Å². The number of hydrogen-bond donors (Lipinski definition) is 1. The molecule has 0 aliphatic carbocycles. The average Bonchev–Trinajstić information content (AvgIpc) is 2.94. The zero-order chi connectivity index (χ0) is 14.1. The number of nitrogens with two attached hydrogens (primary N) is 1. The smallest absolute Gasteiger partial charge is 0.195 e. The van der Waals surface area contributed by atoms with Crippen LogP contribution in [0.1, 0.15) is 21.5 Å². The molecule has 0 bridgehead atoms. The van der Waals surface area contributed by atoms with Gasteiger partial charge >= 0.3 is 0 Å². The summed E-state index contributed by atoms with van der Waals surface area (Å²) < 4.78 is 10.6. The Morgan fingerprint density at radius 3 is 2.90 bits per heavy atom. The molecule has 0 saturated heterocycles. The van der Waals surface area contributed by atoms with Gasteiger partial charge in [0.2, 0.25) is 0 Å². The van der Waals surface area contributed by atoms with E-state index in [1.54, 1.807) is 31.4 Å². The molecular weight excluding hydrogens is 254 g/mol. The van der Waals surface area contributed by atoms with Crippen LogP contribution in [0.4, 0.5) is 5.69 Å². The van der Waals surface area contributed by atoms with E-state index in [2.05, 4.69) is 0 Å². The van der Waals surface area contributed by atoms with Crippen molar-refractivity contribution in [3.05, 3.63) is 53.1 Å². The van der Waals surface area contributed by atoms with Gasteiger partial charge < -0.3 is 15.2 Å². The predicted octanol–water partition coefficient (Wildman–Crippen LogP) is 2.44. The number of benzene rings is 2. The maximum absolute atomic E-state index is 12.6. The Hall–Kier alpha value is -2.49. The molecule has 20 heavy (non-hydrogen) atoms. The average molecular weight is 269 g/mol. The number of fused-ring (bicyclic) bond motifs is 1. The zero-order valence-corrected chi connectivity index (χ0v) is 11.2. The van der Waals surface area contributed by atoms with Gasteiger partial charge in [-0.05, 0) is 42.0 Å². The molecular formula is C16H15NO3. The lowest BCUT2D eigenvalue weighted by atomic mass is 9.99. The highest BCUT2D eigenvalue weighted by Crippen LogP contribution is 2.28. The number of carbonyl (C=O) groups excluding carboxylic acids is 1. The molecule has 0 saturated carbocycles. The summed E-state index contributed by atoms with van der Waals surface area (Å²) in [6.07, 6.45) is 0.837. The van der Waals surface area contributed by atoms with E-state index in [9.17, 15) is 4.79 Å². The first kappa shape index (κ1) is 12.5. The molecule has 4 nitrogen and oxygen atoms in total. The molecule has 1 heterocycles. The van der Waals surface area contributed by atoms with Crippen LogP contribution in [0.2, 0.25) is 0 Å². The molecule has 0 unspecified atom stereocenters. The lowest BCUT2D eigenvalue weighted by Crippen LogP contribution is -2.06. The summed E-state index contributed by atoms with van der Waals surface area (Å²) in [7, 11) is 1.56. The Morgan fingerprint density at radius 1 is 1.25 bits per heavy atom. The van der Waals surface area contributed by atoms with Crippen LogP contribution in [0, 0.1) is 0 Å². The fourth-order valence-electron chi connectivity index (χ4n) is 2.34. The second-order valence-electron chi connectivity index (χ2n) is 4.70. The van der Waals surface area contributed by atoms with Crippen molar-refractivity contribution in [3.63, 3.8) is 0 Å². The number of rotatable bonds is 3. The molecule has 3 rings (SSSR count). The van der Waals surface area contributed by atoms with E-state index >= 15 is 0 Å². The summed E-state index contributed by atoms with van der Waals surface area (Å²) in [5.74, 6) is 1.38. The first-order valence-electron chi connectivity index (χ1n) is 6.43. The van der Waals surface area contributed by atoms with Crippen molar-refractivity contribution < 1.29 is 14.3 Å². The van der Waals surface area contributed by atoms with Gasteiger partial charge in [-0.2, -0.15) is 0 Å². The molecule has 0 radical (unpaired) electrons. The Labute approximate surface area is 117 Å². The van der Waals surface area contributed by atoms with Crippen LogP contribution in [-0.4, -0.2) is 19.5 Å². The molecule has 0 fully saturated rings. The van der Waals surface area contributed by atoms with Gasteiger partial charge in [0.25, 0.3) is 0 Å². The molecule has 2 N–H and O–H groups in total. The number of hydrogen-bond acceptors (Lipinski definition) is 4. The molecule has 1 aliphatic rings. The first-order chi connectivity index (χ1) is 9.69. The van der Waals surface area contributed by atoms with Gasteiger partial charge in [-0.3, -0.25) is 4.79 Å². The quantitative estimate of drug-likeness (QED) is 0.686. The van der Waals surface area contributed by atoms with E-state index in [0.717, 1.165) is 17.7 Å². The number of ether oxygens (including phenoxy) is 2. The summed E-state index contributed by atoms with van der Waals surface area (Å²) >= 11 is 0. The predicted molar refractivity (Wildman–Crippen MR) is 76.5 cm³/mol. The second kappa shape index (κ2) is 4.89. The molecule has 0 amide bonds. The Bertz CT molecular complexity index is 679. The van der Waals surface area contributed by atoms with E-state index in [1.165, 1.54) is 0 Å². The van der Waals surface area contributed by atoms with Crippen molar-refractivity contribution in [2.24, 2.45) is 0 Å². The number of ketones is 1. The summed E-state index contributed by atoms with van der Waals surface area (Å²) in [6.45, 7) is 0.675. The Kier molecular flexibility index (Phi) is 3.06. The monoisotopic (exact) mass is 269 g/mol. The summed E-state index contributed by atoms with van der Waals surface area (Å²) in [6, 6.07) is 10.6. The minimum absolute atomic E-state index is 0.101. The topological polar surface area (TPSA) is 61.5 Å². The van der Waals surface area contributed by atoms with Crippen molar-refractivity contribution in [2.75, 3.05) is 19.5 Å². The van der Waals surface area contributed by atoms with Crippen LogP contribution in [0.15, 0.2) is 36.4 Å². The molecule has 2 aromatic rings. The highest BCUT2D eigenvalue weighted by molar-refractivity contribution is 6.12. The third kappa shape index (κ3) is 2.09. The number of carbonyl (C=O) groups is 1. The van der Waals surface area contributed by atoms with E-state index in [1.807, 2.05) is 12.1 Å². The van der Waals surface area contributed by atoms with Crippen LogP contribution in [0.5, 0.6) is 11.5 Å². The molecule has 0 aromatic heterocycles. The second-order valence-corrected chi connectivity index (χ2v) is 4.70. The van der Waals surface area contributed by atoms with Crippen molar-refractivity contribution >= 4 is 11.5 Å². The van der Waals surface area contributed by atoms with Gasteiger partial charge in [-0.1, -0.05) is 0 Å². The third-order valence-electron chi connectivity index (χ3n) is 3.46. The maximum Gasteiger partial charge on any atom is 0.195 e. The van der Waals surface area contributed by atoms with Gasteiger partial charge in [-0.15, -0.1) is 0 Å². The van der Waals surface area contributed by atoms with Crippen LogP contribution in [-0.2, 0) is 6.42 Å². The lowest BCUT2D eigenvalue weighted by Gasteiger charge is -2.08. The van der Waals surface area contributed by atoms with Gasteiger partial charge in [-0.25, -0.2) is 0 Å². The zero-order valence-electron chi connectivity index (χ0n) is 11.2. The molecule has 0 spiro atoms. The first-order valence-corrected chi connectivity index (χ1v) is 6.43. The van der Waals surface area contributed by atoms with Crippen molar-refractivity contribution in [1.29, 1.82) is 0 Å². The molecule has 4 heteroatoms. The highest BCUT2D eigenvalue weighted by atomic mass is 16.5. The SMILES string of the molecule is COc1ccc(N)c(C(=O)c2ccc3c(c2)CCO3)c1. The van der Waals surface area contributed by atoms with Crippen LogP contribution in [0.25, 0.3) is 0 Å². The van der Waals surface area contributed by atoms with E-state index in [0.29, 0.717) is 29.2 Å². The summed E-state index contributed by atoms with van der Waals surface area (Å²) in [5.41, 5.74) is 8.49. The summed E-state index contributed by atoms with van der Waals surface area (Å²) in [5, 5.41) is 0. The van der Waals surface area contributed by atoms with Crippen LogP contribution in [0.3, 0.4) is 0 Å². The van der Waals surface area contributed by atoms with E-state index in [4.69, 9.17) is 15.2 Å². The highest BCUT2D eigenvalue weighted by Gasteiger charge is 2.18. The Balaban J connectivity index is 2.00. The largest absolute Gasteiger partial charge is 0.497 e. The Morgan fingerprint density at radius 2 is 2.10 bits per heavy atom. The fourth-order valence-corrected chi connectivity index (χ4v) is 2.34. The van der Waals surface area contributed by atoms with Gasteiger partial charge in [0.15, 0.2) is 5.78 Å². The minimum atomic E-state index is -0.101. The van der Waals surface area contributed by atoms with Crippen LogP contribution >= 0.6 is 0 Å². The molecule has 102 valence electrons. The maximum atomic E-state index is 12.6. The van der Waals surface area contributed by atoms with Gasteiger partial charge in [0.05, 0.1) is 13.7 Å². The molecule has 0 atom stereocenters. The molecule has 2 aromatic carbocycles. The van der Waals surface area contributed by atoms with Gasteiger partial charge in [0, 0.05) is 23.2 Å². The minimum Gasteiger partial charge on any atom is -0.497 e. The lowest BCUT2D eigenvalue weighted by molar-refractivity contribution is 0.103. The number of methoxy groups -OCH3 is 1. The molecule has 1 aliphatic heterocycles. The number of anilines is 1.